The zero-order chi connectivity index (χ0) is 20.8. The second kappa shape index (κ2) is 8.87. The molecule has 1 aromatic carbocycles. The number of nitrogens with one attached hydrogen (secondary N) is 3. The van der Waals surface area contributed by atoms with Crippen molar-refractivity contribution in [1.29, 1.82) is 0 Å². The van der Waals surface area contributed by atoms with Gasteiger partial charge in [-0.2, -0.15) is 13.2 Å². The van der Waals surface area contributed by atoms with Gasteiger partial charge in [0.05, 0.1) is 12.8 Å². The first kappa shape index (κ1) is 21.4. The van der Waals surface area contributed by atoms with Crippen LogP contribution in [0.1, 0.15) is 25.0 Å². The maximum atomic E-state index is 12.6. The zero-order valence-electron chi connectivity index (χ0n) is 15.4. The molecule has 0 aromatic heterocycles. The lowest BCUT2D eigenvalue weighted by Gasteiger charge is -2.33. The van der Waals surface area contributed by atoms with Crippen molar-refractivity contribution in [2.24, 2.45) is 4.99 Å². The summed E-state index contributed by atoms with van der Waals surface area (Å²) in [6.45, 7) is 1.68. The second-order valence-corrected chi connectivity index (χ2v) is 6.31. The fraction of sp³-hybridized carbons (Fsp3) is 0.389. The maximum Gasteiger partial charge on any atom is 0.411 e. The van der Waals surface area contributed by atoms with E-state index in [1.54, 1.807) is 31.2 Å². The van der Waals surface area contributed by atoms with Gasteiger partial charge in [-0.25, -0.2) is 0 Å². The Hall–Kier alpha value is -2.88. The first-order valence-corrected chi connectivity index (χ1v) is 8.38. The van der Waals surface area contributed by atoms with Gasteiger partial charge in [0.1, 0.15) is 6.61 Å². The lowest BCUT2D eigenvalue weighted by Crippen LogP contribution is -2.68. The number of aliphatic imine (C=N–C) groups is 1. The first-order valence-electron chi connectivity index (χ1n) is 8.38. The van der Waals surface area contributed by atoms with E-state index in [0.717, 1.165) is 5.56 Å². The van der Waals surface area contributed by atoms with Gasteiger partial charge in [0.15, 0.2) is 0 Å². The molecule has 152 valence electrons. The van der Waals surface area contributed by atoms with Crippen LogP contribution in [0.15, 0.2) is 41.2 Å². The highest BCUT2D eigenvalue weighted by Gasteiger charge is 2.39. The van der Waals surface area contributed by atoms with Crippen LogP contribution in [-0.2, 0) is 27.5 Å². The molecule has 1 heterocycles. The lowest BCUT2D eigenvalue weighted by atomic mass is 10.1. The smallest absolute Gasteiger partial charge is 0.367 e. The number of carbonyl (C=O) groups is 2. The fourth-order valence-electron chi connectivity index (χ4n) is 2.51. The molecule has 2 amide bonds. The van der Waals surface area contributed by atoms with E-state index in [4.69, 9.17) is 0 Å². The SMILES string of the molecule is CC(=O)NC1(C(=O)NCc2ccc(COCC(F)(F)F)cc2)C=NC=C(C)N1. The Balaban J connectivity index is 1.93. The summed E-state index contributed by atoms with van der Waals surface area (Å²) in [5.41, 5.74) is 0.423. The van der Waals surface area contributed by atoms with E-state index in [1.165, 1.54) is 19.3 Å². The average Bonchev–Trinajstić information content (AvgIpc) is 2.59. The molecule has 1 atom stereocenters. The van der Waals surface area contributed by atoms with Gasteiger partial charge in [0.2, 0.25) is 11.6 Å². The molecule has 1 aliphatic rings. The van der Waals surface area contributed by atoms with Crippen molar-refractivity contribution < 1.29 is 27.5 Å². The van der Waals surface area contributed by atoms with Crippen molar-refractivity contribution in [3.8, 4) is 0 Å². The summed E-state index contributed by atoms with van der Waals surface area (Å²) in [7, 11) is 0. The minimum atomic E-state index is -4.36. The number of hydrogen-bond donors (Lipinski definition) is 3. The highest BCUT2D eigenvalue weighted by atomic mass is 19.4. The van der Waals surface area contributed by atoms with Gasteiger partial charge >= 0.3 is 6.18 Å². The number of ether oxygens (including phenoxy) is 1. The molecular formula is C18H21F3N4O3. The van der Waals surface area contributed by atoms with Gasteiger partial charge in [0.25, 0.3) is 5.91 Å². The zero-order valence-corrected chi connectivity index (χ0v) is 15.4. The number of allylic oxidation sites excluding steroid dienone is 1. The quantitative estimate of drug-likeness (QED) is 0.653. The topological polar surface area (TPSA) is 91.8 Å². The highest BCUT2D eigenvalue weighted by Crippen LogP contribution is 2.16. The molecule has 0 spiro atoms. The van der Waals surface area contributed by atoms with Crippen molar-refractivity contribution >= 4 is 18.0 Å². The van der Waals surface area contributed by atoms with E-state index >= 15 is 0 Å². The van der Waals surface area contributed by atoms with Crippen LogP contribution in [0.25, 0.3) is 0 Å². The molecule has 28 heavy (non-hydrogen) atoms. The molecule has 1 aromatic rings. The minimum Gasteiger partial charge on any atom is -0.367 e. The Morgan fingerprint density at radius 1 is 1.21 bits per heavy atom. The summed E-state index contributed by atoms with van der Waals surface area (Å²) < 4.78 is 40.8. The summed E-state index contributed by atoms with van der Waals surface area (Å²) in [5.74, 6) is -0.913. The molecule has 0 saturated carbocycles. The number of rotatable bonds is 7. The average molecular weight is 398 g/mol. The molecular weight excluding hydrogens is 377 g/mol. The normalized spacial score (nSPS) is 18.8. The third-order valence-electron chi connectivity index (χ3n) is 3.67. The van der Waals surface area contributed by atoms with Crippen LogP contribution >= 0.6 is 0 Å². The Bertz CT molecular complexity index is 771. The van der Waals surface area contributed by atoms with Crippen LogP contribution < -0.4 is 16.0 Å². The largest absolute Gasteiger partial charge is 0.411 e. The van der Waals surface area contributed by atoms with Gasteiger partial charge in [0, 0.05) is 25.4 Å². The Labute approximate surface area is 160 Å². The van der Waals surface area contributed by atoms with Gasteiger partial charge < -0.3 is 20.7 Å². The van der Waals surface area contributed by atoms with E-state index in [0.29, 0.717) is 11.3 Å². The maximum absolute atomic E-state index is 12.6. The molecule has 0 radical (unpaired) electrons. The molecule has 1 aliphatic heterocycles. The van der Waals surface area contributed by atoms with Gasteiger partial charge in [-0.05, 0) is 18.1 Å². The predicted octanol–water partition coefficient (Wildman–Crippen LogP) is 1.75. The van der Waals surface area contributed by atoms with Crippen molar-refractivity contribution in [2.75, 3.05) is 6.61 Å². The first-order chi connectivity index (χ1) is 13.1. The van der Waals surface area contributed by atoms with Gasteiger partial charge in [-0.15, -0.1) is 0 Å². The number of alkyl halides is 3. The molecule has 2 rings (SSSR count). The van der Waals surface area contributed by atoms with Gasteiger partial charge in [-0.1, -0.05) is 24.3 Å². The molecule has 0 aliphatic carbocycles. The lowest BCUT2D eigenvalue weighted by molar-refractivity contribution is -0.176. The van der Waals surface area contributed by atoms with Crippen LogP contribution in [0.5, 0.6) is 0 Å². The van der Waals surface area contributed by atoms with E-state index in [9.17, 15) is 22.8 Å². The standard InChI is InChI=1S/C18H21F3N4O3/c1-12-7-22-10-17(24-12,25-13(2)26)16(27)23-8-14-3-5-15(6-4-14)9-28-11-18(19,20)21/h3-7,10,24H,8-9,11H2,1-2H3,(H,23,27)(H,25,26). The van der Waals surface area contributed by atoms with Gasteiger partial charge in [-0.3, -0.25) is 14.6 Å². The second-order valence-electron chi connectivity index (χ2n) is 6.31. The van der Waals surface area contributed by atoms with Crippen molar-refractivity contribution in [1.82, 2.24) is 16.0 Å². The van der Waals surface area contributed by atoms with E-state index in [2.05, 4.69) is 25.7 Å². The van der Waals surface area contributed by atoms with Crippen molar-refractivity contribution in [3.63, 3.8) is 0 Å². The number of benzene rings is 1. The number of amides is 2. The molecule has 0 fully saturated rings. The molecule has 1 unspecified atom stereocenters. The fourth-order valence-corrected chi connectivity index (χ4v) is 2.51. The minimum absolute atomic E-state index is 0.155. The Morgan fingerprint density at radius 3 is 2.43 bits per heavy atom. The Morgan fingerprint density at radius 2 is 1.86 bits per heavy atom. The number of halogens is 3. The Kier molecular flexibility index (Phi) is 6.79. The summed E-state index contributed by atoms with van der Waals surface area (Å²) in [6, 6.07) is 6.58. The highest BCUT2D eigenvalue weighted by molar-refractivity contribution is 6.06. The molecule has 0 bridgehead atoms. The summed E-state index contributed by atoms with van der Waals surface area (Å²) in [5, 5.41) is 8.15. The summed E-state index contributed by atoms with van der Waals surface area (Å²) >= 11 is 0. The summed E-state index contributed by atoms with van der Waals surface area (Å²) in [6.07, 6.45) is -1.54. The van der Waals surface area contributed by atoms with E-state index in [1.807, 2.05) is 0 Å². The van der Waals surface area contributed by atoms with E-state index < -0.39 is 30.3 Å². The molecule has 7 nitrogen and oxygen atoms in total. The third-order valence-corrected chi connectivity index (χ3v) is 3.67. The summed E-state index contributed by atoms with van der Waals surface area (Å²) in [4.78, 5) is 28.1. The van der Waals surface area contributed by atoms with E-state index in [-0.39, 0.29) is 13.2 Å². The number of carbonyl (C=O) groups excluding carboxylic acids is 2. The van der Waals surface area contributed by atoms with Crippen LogP contribution in [0.2, 0.25) is 0 Å². The third kappa shape index (κ3) is 6.38. The van der Waals surface area contributed by atoms with Crippen molar-refractivity contribution in [3.05, 3.63) is 47.3 Å². The van der Waals surface area contributed by atoms with Crippen LogP contribution in [0.4, 0.5) is 13.2 Å². The molecule has 3 N–H and O–H groups in total. The number of nitrogens with zero attached hydrogens (tertiary/aromatic N) is 1. The van der Waals surface area contributed by atoms with Crippen LogP contribution in [0, 0.1) is 0 Å². The van der Waals surface area contributed by atoms with Crippen LogP contribution in [-0.4, -0.2) is 36.5 Å². The van der Waals surface area contributed by atoms with Crippen LogP contribution in [0.3, 0.4) is 0 Å². The van der Waals surface area contributed by atoms with Crippen molar-refractivity contribution in [2.45, 2.75) is 38.8 Å². The molecule has 10 heteroatoms. The predicted molar refractivity (Wildman–Crippen MR) is 95.9 cm³/mol. The monoisotopic (exact) mass is 398 g/mol. The number of hydrogen-bond acceptors (Lipinski definition) is 5. The molecule has 0 saturated heterocycles.